The molecule has 112 valence electrons. The molecular formula is C18H24N2O. The minimum absolute atomic E-state index is 0.0146. The van der Waals surface area contributed by atoms with Gasteiger partial charge in [-0.3, -0.25) is 4.79 Å². The fourth-order valence-electron chi connectivity index (χ4n) is 4.55. The molecule has 1 saturated carbocycles. The molecule has 1 N–H and O–H groups in total. The van der Waals surface area contributed by atoms with E-state index in [1.165, 1.54) is 37.7 Å². The largest absolute Gasteiger partial charge is 0.373 e. The molecule has 0 bridgehead atoms. The van der Waals surface area contributed by atoms with E-state index in [1.54, 1.807) is 0 Å². The summed E-state index contributed by atoms with van der Waals surface area (Å²) in [5.74, 6) is 1.12. The zero-order chi connectivity index (χ0) is 14.2. The fourth-order valence-corrected chi connectivity index (χ4v) is 4.55. The van der Waals surface area contributed by atoms with Crippen LogP contribution in [-0.4, -0.2) is 29.4 Å². The molecule has 1 saturated heterocycles. The lowest BCUT2D eigenvalue weighted by molar-refractivity contribution is -0.136. The van der Waals surface area contributed by atoms with E-state index in [0.717, 1.165) is 31.0 Å². The lowest BCUT2D eigenvalue weighted by Gasteiger charge is -2.40. The summed E-state index contributed by atoms with van der Waals surface area (Å²) < 4.78 is 0. The Labute approximate surface area is 126 Å². The van der Waals surface area contributed by atoms with E-state index < -0.39 is 0 Å². The maximum Gasteiger partial charge on any atom is 0.245 e. The SMILES string of the molecule is O=C(C1CCc2ccccc2N1)N1CCCC2CCCC21. The minimum Gasteiger partial charge on any atom is -0.373 e. The molecule has 2 heterocycles. The van der Waals surface area contributed by atoms with Gasteiger partial charge in [-0.25, -0.2) is 0 Å². The van der Waals surface area contributed by atoms with E-state index in [9.17, 15) is 4.79 Å². The number of amides is 1. The maximum atomic E-state index is 13.0. The van der Waals surface area contributed by atoms with Gasteiger partial charge in [0.25, 0.3) is 0 Å². The van der Waals surface area contributed by atoms with Crippen molar-refractivity contribution in [2.24, 2.45) is 5.92 Å². The van der Waals surface area contributed by atoms with Gasteiger partial charge in [0.1, 0.15) is 6.04 Å². The van der Waals surface area contributed by atoms with Crippen molar-refractivity contribution in [1.29, 1.82) is 0 Å². The number of carbonyl (C=O) groups excluding carboxylic acids is 1. The van der Waals surface area contributed by atoms with Crippen LogP contribution in [0.2, 0.25) is 0 Å². The molecule has 1 aromatic carbocycles. The molecule has 3 nitrogen and oxygen atoms in total. The van der Waals surface area contributed by atoms with Gasteiger partial charge in [0.05, 0.1) is 0 Å². The third-order valence-corrected chi connectivity index (χ3v) is 5.62. The highest BCUT2D eigenvalue weighted by Gasteiger charge is 2.39. The Bertz CT molecular complexity index is 542. The van der Waals surface area contributed by atoms with Crippen LogP contribution in [0.5, 0.6) is 0 Å². The molecule has 0 spiro atoms. The van der Waals surface area contributed by atoms with Crippen molar-refractivity contribution < 1.29 is 4.79 Å². The normalized spacial score (nSPS) is 31.2. The van der Waals surface area contributed by atoms with Gasteiger partial charge in [-0.2, -0.15) is 0 Å². The number of nitrogens with one attached hydrogen (secondary N) is 1. The number of anilines is 1. The Morgan fingerprint density at radius 1 is 1.10 bits per heavy atom. The van der Waals surface area contributed by atoms with Crippen LogP contribution >= 0.6 is 0 Å². The van der Waals surface area contributed by atoms with E-state index >= 15 is 0 Å². The van der Waals surface area contributed by atoms with Gasteiger partial charge in [0.15, 0.2) is 0 Å². The Morgan fingerprint density at radius 3 is 2.90 bits per heavy atom. The van der Waals surface area contributed by atoms with Gasteiger partial charge >= 0.3 is 0 Å². The summed E-state index contributed by atoms with van der Waals surface area (Å²) in [7, 11) is 0. The average molecular weight is 284 g/mol. The predicted molar refractivity (Wildman–Crippen MR) is 84.2 cm³/mol. The first-order valence-electron chi connectivity index (χ1n) is 8.48. The second-order valence-electron chi connectivity index (χ2n) is 6.82. The number of aryl methyl sites for hydroxylation is 1. The van der Waals surface area contributed by atoms with E-state index in [0.29, 0.717) is 11.9 Å². The molecule has 21 heavy (non-hydrogen) atoms. The number of carbonyl (C=O) groups is 1. The third-order valence-electron chi connectivity index (χ3n) is 5.62. The van der Waals surface area contributed by atoms with Crippen LogP contribution in [0.3, 0.4) is 0 Å². The first-order chi connectivity index (χ1) is 10.3. The monoisotopic (exact) mass is 284 g/mol. The molecule has 3 unspecified atom stereocenters. The molecule has 1 aliphatic carbocycles. The zero-order valence-electron chi connectivity index (χ0n) is 12.6. The fraction of sp³-hybridized carbons (Fsp3) is 0.611. The quantitative estimate of drug-likeness (QED) is 0.859. The maximum absolute atomic E-state index is 13.0. The summed E-state index contributed by atoms with van der Waals surface area (Å²) in [6.07, 6.45) is 8.33. The van der Waals surface area contributed by atoms with E-state index in [2.05, 4.69) is 28.4 Å². The molecule has 4 rings (SSSR count). The number of para-hydroxylation sites is 1. The molecule has 3 aliphatic rings. The van der Waals surface area contributed by atoms with Crippen molar-refractivity contribution in [3.05, 3.63) is 29.8 Å². The number of hydrogen-bond acceptors (Lipinski definition) is 2. The van der Waals surface area contributed by atoms with E-state index in [4.69, 9.17) is 0 Å². The Balaban J connectivity index is 1.50. The second-order valence-corrected chi connectivity index (χ2v) is 6.82. The summed E-state index contributed by atoms with van der Waals surface area (Å²) in [4.78, 5) is 15.2. The van der Waals surface area contributed by atoms with Crippen LogP contribution in [0.25, 0.3) is 0 Å². The van der Waals surface area contributed by atoms with Crippen molar-refractivity contribution >= 4 is 11.6 Å². The lowest BCUT2D eigenvalue weighted by Crippen LogP contribution is -2.52. The number of likely N-dealkylation sites (tertiary alicyclic amines) is 1. The summed E-state index contributed by atoms with van der Waals surface area (Å²) >= 11 is 0. The van der Waals surface area contributed by atoms with Crippen molar-refractivity contribution in [3.63, 3.8) is 0 Å². The minimum atomic E-state index is -0.0146. The first kappa shape index (κ1) is 13.2. The molecule has 2 aliphatic heterocycles. The topological polar surface area (TPSA) is 32.3 Å². The molecule has 0 radical (unpaired) electrons. The number of hydrogen-bond donors (Lipinski definition) is 1. The second kappa shape index (κ2) is 5.36. The van der Waals surface area contributed by atoms with Gasteiger partial charge in [-0.15, -0.1) is 0 Å². The molecule has 1 aromatic rings. The Kier molecular flexibility index (Phi) is 3.36. The third kappa shape index (κ3) is 2.33. The van der Waals surface area contributed by atoms with Crippen LogP contribution in [0, 0.1) is 5.92 Å². The van der Waals surface area contributed by atoms with Crippen molar-refractivity contribution in [2.75, 3.05) is 11.9 Å². The molecule has 3 atom stereocenters. The Hall–Kier alpha value is -1.51. The predicted octanol–water partition coefficient (Wildman–Crippen LogP) is 3.20. The first-order valence-corrected chi connectivity index (χ1v) is 8.48. The molecule has 2 fully saturated rings. The zero-order valence-corrected chi connectivity index (χ0v) is 12.6. The van der Waals surface area contributed by atoms with Gasteiger partial charge in [0, 0.05) is 18.3 Å². The van der Waals surface area contributed by atoms with Crippen LogP contribution in [0.1, 0.15) is 44.1 Å². The highest BCUT2D eigenvalue weighted by atomic mass is 16.2. The van der Waals surface area contributed by atoms with Crippen LogP contribution < -0.4 is 5.32 Å². The van der Waals surface area contributed by atoms with Crippen LogP contribution in [0.4, 0.5) is 5.69 Å². The molecule has 3 heteroatoms. The molecule has 0 aromatic heterocycles. The van der Waals surface area contributed by atoms with Crippen LogP contribution in [-0.2, 0) is 11.2 Å². The number of nitrogens with zero attached hydrogens (tertiary/aromatic N) is 1. The smallest absolute Gasteiger partial charge is 0.245 e. The summed E-state index contributed by atoms with van der Waals surface area (Å²) in [5.41, 5.74) is 2.50. The van der Waals surface area contributed by atoms with Crippen LogP contribution in [0.15, 0.2) is 24.3 Å². The van der Waals surface area contributed by atoms with Gasteiger partial charge in [-0.1, -0.05) is 24.6 Å². The van der Waals surface area contributed by atoms with Gasteiger partial charge < -0.3 is 10.2 Å². The van der Waals surface area contributed by atoms with Crippen molar-refractivity contribution in [2.45, 2.75) is 57.0 Å². The number of benzene rings is 1. The Morgan fingerprint density at radius 2 is 1.95 bits per heavy atom. The highest BCUT2D eigenvalue weighted by Crippen LogP contribution is 2.37. The summed E-state index contributed by atoms with van der Waals surface area (Å²) in [6.45, 7) is 0.972. The summed E-state index contributed by atoms with van der Waals surface area (Å²) in [6, 6.07) is 8.91. The van der Waals surface area contributed by atoms with Crippen molar-refractivity contribution in [1.82, 2.24) is 4.90 Å². The number of fused-ring (bicyclic) bond motifs is 2. The highest BCUT2D eigenvalue weighted by molar-refractivity contribution is 5.86. The molecule has 1 amide bonds. The number of rotatable bonds is 1. The van der Waals surface area contributed by atoms with E-state index in [1.807, 2.05) is 6.07 Å². The lowest BCUT2D eigenvalue weighted by atomic mass is 9.90. The van der Waals surface area contributed by atoms with Crippen molar-refractivity contribution in [3.8, 4) is 0 Å². The number of piperidine rings is 1. The van der Waals surface area contributed by atoms with Gasteiger partial charge in [0.2, 0.25) is 5.91 Å². The standard InChI is InChI=1S/C18H24N2O/c21-18(20-12-4-7-14-6-3-9-17(14)20)16-11-10-13-5-1-2-8-15(13)19-16/h1-2,5,8,14,16-17,19H,3-4,6-7,9-12H2. The summed E-state index contributed by atoms with van der Waals surface area (Å²) in [5, 5.41) is 3.48. The molecular weight excluding hydrogens is 260 g/mol. The van der Waals surface area contributed by atoms with Gasteiger partial charge in [-0.05, 0) is 56.1 Å². The average Bonchev–Trinajstić information content (AvgIpc) is 3.02. The van der Waals surface area contributed by atoms with E-state index in [-0.39, 0.29) is 6.04 Å².